The van der Waals surface area contributed by atoms with E-state index in [0.29, 0.717) is 24.5 Å². The molecule has 0 aromatic heterocycles. The van der Waals surface area contributed by atoms with E-state index in [1.807, 2.05) is 0 Å². The van der Waals surface area contributed by atoms with Gasteiger partial charge in [-0.25, -0.2) is 8.42 Å². The molecule has 0 N–H and O–H groups in total. The Hall–Kier alpha value is -1.07. The summed E-state index contributed by atoms with van der Waals surface area (Å²) in [5.74, 6) is 0.261. The summed E-state index contributed by atoms with van der Waals surface area (Å²) in [6.07, 6.45) is 3.52. The molecule has 1 aliphatic heterocycles. The van der Waals surface area contributed by atoms with Crippen LogP contribution in [0.1, 0.15) is 25.7 Å². The lowest BCUT2D eigenvalue weighted by Gasteiger charge is -2.29. The number of benzene rings is 1. The molecule has 0 bridgehead atoms. The van der Waals surface area contributed by atoms with Gasteiger partial charge in [0.05, 0.1) is 10.1 Å². The Morgan fingerprint density at radius 3 is 2.38 bits per heavy atom. The molecule has 1 unspecified atom stereocenters. The van der Waals surface area contributed by atoms with Crippen LogP contribution in [0.3, 0.4) is 0 Å². The smallest absolute Gasteiger partial charge is 0.225 e. The van der Waals surface area contributed by atoms with Gasteiger partial charge in [-0.05, 0) is 43.5 Å². The molecule has 0 radical (unpaired) electrons. The van der Waals surface area contributed by atoms with Gasteiger partial charge in [0.2, 0.25) is 5.91 Å². The number of likely N-dealkylation sites (tertiary alicyclic amines) is 1. The minimum Gasteiger partial charge on any atom is -0.341 e. The normalized spacial score (nSPS) is 23.1. The molecule has 3 rings (SSSR count). The highest BCUT2D eigenvalue weighted by atomic mass is 35.5. The number of hydrogen-bond acceptors (Lipinski definition) is 3. The summed E-state index contributed by atoms with van der Waals surface area (Å²) in [7, 11) is -3.39. The topological polar surface area (TPSA) is 54.5 Å². The average Bonchev–Trinajstić information content (AvgIpc) is 2.87. The van der Waals surface area contributed by atoms with Crippen molar-refractivity contribution in [2.24, 2.45) is 5.92 Å². The quantitative estimate of drug-likeness (QED) is 0.857. The predicted molar refractivity (Wildman–Crippen MR) is 81.0 cm³/mol. The van der Waals surface area contributed by atoms with Crippen LogP contribution in [-0.2, 0) is 14.6 Å². The van der Waals surface area contributed by atoms with E-state index in [4.69, 9.17) is 11.6 Å². The zero-order chi connectivity index (χ0) is 15.0. The van der Waals surface area contributed by atoms with E-state index in [0.717, 1.165) is 19.3 Å². The van der Waals surface area contributed by atoms with E-state index in [2.05, 4.69) is 0 Å². The molecule has 4 nitrogen and oxygen atoms in total. The summed E-state index contributed by atoms with van der Waals surface area (Å²) in [5.41, 5.74) is 0. The van der Waals surface area contributed by atoms with Crippen molar-refractivity contribution in [2.75, 3.05) is 13.1 Å². The molecule has 1 saturated heterocycles. The van der Waals surface area contributed by atoms with Gasteiger partial charge in [0, 0.05) is 24.0 Å². The Morgan fingerprint density at radius 2 is 1.81 bits per heavy atom. The van der Waals surface area contributed by atoms with Gasteiger partial charge >= 0.3 is 0 Å². The molecule has 1 aromatic rings. The number of amides is 1. The Balaban J connectivity index is 1.72. The first-order valence-corrected chi connectivity index (χ1v) is 9.19. The highest BCUT2D eigenvalue weighted by Gasteiger charge is 2.39. The molecule has 21 heavy (non-hydrogen) atoms. The van der Waals surface area contributed by atoms with Crippen molar-refractivity contribution in [3.8, 4) is 0 Å². The summed E-state index contributed by atoms with van der Waals surface area (Å²) >= 11 is 5.80. The van der Waals surface area contributed by atoms with E-state index in [9.17, 15) is 13.2 Å². The molecular formula is C15H18ClNO3S. The van der Waals surface area contributed by atoms with Gasteiger partial charge in [0.1, 0.15) is 0 Å². The molecule has 2 aliphatic rings. The minimum absolute atomic E-state index is 0.127. The second kappa shape index (κ2) is 5.61. The van der Waals surface area contributed by atoms with Gasteiger partial charge in [-0.2, -0.15) is 0 Å². The second-order valence-corrected chi connectivity index (χ2v) is 8.49. The SMILES string of the molecule is O=C(C1CCC1)N1CCC(S(=O)(=O)c2ccc(Cl)cc2)C1. The third-order valence-corrected chi connectivity index (χ3v) is 6.94. The van der Waals surface area contributed by atoms with Gasteiger partial charge in [-0.1, -0.05) is 18.0 Å². The molecule has 114 valence electrons. The predicted octanol–water partition coefficient (Wildman–Crippen LogP) is 2.51. The first-order valence-electron chi connectivity index (χ1n) is 7.27. The molecule has 0 spiro atoms. The molecule has 1 heterocycles. The van der Waals surface area contributed by atoms with E-state index in [1.54, 1.807) is 17.0 Å². The number of nitrogens with zero attached hydrogens (tertiary/aromatic N) is 1. The van der Waals surface area contributed by atoms with Crippen molar-refractivity contribution in [2.45, 2.75) is 35.8 Å². The molecule has 6 heteroatoms. The van der Waals surface area contributed by atoms with E-state index >= 15 is 0 Å². The van der Waals surface area contributed by atoms with Gasteiger partial charge in [0.25, 0.3) is 0 Å². The maximum absolute atomic E-state index is 12.6. The fourth-order valence-corrected chi connectivity index (χ4v) is 4.73. The van der Waals surface area contributed by atoms with Gasteiger partial charge in [0.15, 0.2) is 9.84 Å². The largest absolute Gasteiger partial charge is 0.341 e. The molecule has 2 fully saturated rings. The number of carbonyl (C=O) groups excluding carboxylic acids is 1. The van der Waals surface area contributed by atoms with Gasteiger partial charge < -0.3 is 4.90 Å². The summed E-state index contributed by atoms with van der Waals surface area (Å²) in [4.78, 5) is 14.2. The first-order chi connectivity index (χ1) is 9.98. The maximum Gasteiger partial charge on any atom is 0.225 e. The summed E-state index contributed by atoms with van der Waals surface area (Å²) in [6, 6.07) is 6.24. The number of rotatable bonds is 3. The van der Waals surface area contributed by atoms with Crippen LogP contribution in [0.5, 0.6) is 0 Å². The number of hydrogen-bond donors (Lipinski definition) is 0. The molecule has 1 aliphatic carbocycles. The second-order valence-electron chi connectivity index (χ2n) is 5.82. The standard InChI is InChI=1S/C15H18ClNO3S/c16-12-4-6-13(7-5-12)21(19,20)14-8-9-17(10-14)15(18)11-2-1-3-11/h4-7,11,14H,1-3,8-10H2. The van der Waals surface area contributed by atoms with Crippen LogP contribution in [0.15, 0.2) is 29.2 Å². The summed E-state index contributed by atoms with van der Waals surface area (Å²) in [6.45, 7) is 0.868. The Morgan fingerprint density at radius 1 is 1.14 bits per heavy atom. The number of carbonyl (C=O) groups is 1. The minimum atomic E-state index is -3.39. The first kappa shape index (κ1) is 14.9. The van der Waals surface area contributed by atoms with E-state index < -0.39 is 15.1 Å². The molecular weight excluding hydrogens is 310 g/mol. The lowest BCUT2D eigenvalue weighted by Crippen LogP contribution is -2.38. The Bertz CT molecular complexity index is 637. The van der Waals surface area contributed by atoms with Crippen LogP contribution < -0.4 is 0 Å². The Labute approximate surface area is 130 Å². The molecule has 1 saturated carbocycles. The lowest BCUT2D eigenvalue weighted by molar-refractivity contribution is -0.136. The van der Waals surface area contributed by atoms with Gasteiger partial charge in [-0.15, -0.1) is 0 Å². The zero-order valence-corrected chi connectivity index (χ0v) is 13.2. The van der Waals surface area contributed by atoms with Gasteiger partial charge in [-0.3, -0.25) is 4.79 Å². The van der Waals surface area contributed by atoms with E-state index in [1.165, 1.54) is 12.1 Å². The highest BCUT2D eigenvalue weighted by molar-refractivity contribution is 7.92. The maximum atomic E-state index is 12.6. The highest BCUT2D eigenvalue weighted by Crippen LogP contribution is 2.31. The van der Waals surface area contributed by atoms with E-state index in [-0.39, 0.29) is 16.7 Å². The molecule has 1 amide bonds. The average molecular weight is 328 g/mol. The van der Waals surface area contributed by atoms with Crippen molar-refractivity contribution in [1.82, 2.24) is 4.90 Å². The zero-order valence-electron chi connectivity index (χ0n) is 11.7. The van der Waals surface area contributed by atoms with Crippen molar-refractivity contribution in [3.05, 3.63) is 29.3 Å². The van der Waals surface area contributed by atoms with Crippen molar-refractivity contribution in [1.29, 1.82) is 0 Å². The number of halogens is 1. The van der Waals surface area contributed by atoms with Crippen molar-refractivity contribution >= 4 is 27.3 Å². The van der Waals surface area contributed by atoms with Crippen LogP contribution in [0.4, 0.5) is 0 Å². The molecule has 1 atom stereocenters. The fourth-order valence-electron chi connectivity index (χ4n) is 2.91. The molecule has 1 aromatic carbocycles. The fraction of sp³-hybridized carbons (Fsp3) is 0.533. The lowest BCUT2D eigenvalue weighted by atomic mass is 9.84. The van der Waals surface area contributed by atoms with Crippen LogP contribution >= 0.6 is 11.6 Å². The van der Waals surface area contributed by atoms with Crippen molar-refractivity contribution in [3.63, 3.8) is 0 Å². The summed E-state index contributed by atoms with van der Waals surface area (Å²) < 4.78 is 25.2. The monoisotopic (exact) mass is 327 g/mol. The summed E-state index contributed by atoms with van der Waals surface area (Å²) in [5, 5.41) is 0.0184. The van der Waals surface area contributed by atoms with Crippen LogP contribution in [0, 0.1) is 5.92 Å². The third kappa shape index (κ3) is 2.81. The third-order valence-electron chi connectivity index (χ3n) is 4.49. The Kier molecular flexibility index (Phi) is 3.97. The van der Waals surface area contributed by atoms with Crippen LogP contribution in [0.2, 0.25) is 5.02 Å². The number of sulfone groups is 1. The van der Waals surface area contributed by atoms with Crippen LogP contribution in [-0.4, -0.2) is 37.6 Å². The van der Waals surface area contributed by atoms with Crippen LogP contribution in [0.25, 0.3) is 0 Å². The van der Waals surface area contributed by atoms with Crippen molar-refractivity contribution < 1.29 is 13.2 Å².